The van der Waals surface area contributed by atoms with E-state index in [0.717, 1.165) is 24.3 Å². The first-order chi connectivity index (χ1) is 14.9. The van der Waals surface area contributed by atoms with Crippen molar-refractivity contribution in [2.45, 2.75) is 58.8 Å². The van der Waals surface area contributed by atoms with Crippen LogP contribution in [-0.4, -0.2) is 27.4 Å². The maximum Gasteiger partial charge on any atom is 0.226 e. The molecule has 5 atom stereocenters. The lowest BCUT2D eigenvalue weighted by atomic mass is 9.48. The second-order valence-corrected chi connectivity index (χ2v) is 10.9. The maximum atomic E-state index is 12.4. The van der Waals surface area contributed by atoms with E-state index in [2.05, 4.69) is 59.9 Å². The molecule has 31 heavy (non-hydrogen) atoms. The van der Waals surface area contributed by atoms with Crippen LogP contribution in [0.2, 0.25) is 0 Å². The van der Waals surface area contributed by atoms with Crippen LogP contribution < -0.4 is 0 Å². The minimum atomic E-state index is 0.176. The fourth-order valence-electron chi connectivity index (χ4n) is 7.80. The van der Waals surface area contributed by atoms with E-state index in [1.54, 1.807) is 0 Å². The molecule has 2 saturated carbocycles. The summed E-state index contributed by atoms with van der Waals surface area (Å²) in [5, 5.41) is 0. The van der Waals surface area contributed by atoms with Crippen molar-refractivity contribution in [1.82, 2.24) is 14.5 Å². The molecule has 4 nitrogen and oxygen atoms in total. The van der Waals surface area contributed by atoms with Crippen LogP contribution in [0.15, 0.2) is 48.4 Å². The number of para-hydroxylation sites is 2. The lowest BCUT2D eigenvalue weighted by Crippen LogP contribution is -2.49. The van der Waals surface area contributed by atoms with Gasteiger partial charge in [0, 0.05) is 30.8 Å². The average molecular weight is 416 g/mol. The van der Waals surface area contributed by atoms with Gasteiger partial charge in [0.25, 0.3) is 0 Å². The third-order valence-electron chi connectivity index (χ3n) is 9.59. The van der Waals surface area contributed by atoms with Crippen molar-refractivity contribution < 1.29 is 4.79 Å². The summed E-state index contributed by atoms with van der Waals surface area (Å²) in [6, 6.07) is 8.50. The number of allylic oxidation sites excluding steroid dienone is 3. The minimum Gasteiger partial charge on any atom is -0.322 e. The molecule has 3 unspecified atom stereocenters. The maximum absolute atomic E-state index is 12.4. The second-order valence-electron chi connectivity index (χ2n) is 10.9. The van der Waals surface area contributed by atoms with Gasteiger partial charge < -0.3 is 9.47 Å². The predicted molar refractivity (Wildman–Crippen MR) is 124 cm³/mol. The second kappa shape index (κ2) is 6.57. The van der Waals surface area contributed by atoms with Crippen LogP contribution in [-0.2, 0) is 4.79 Å². The number of aromatic nitrogens is 2. The van der Waals surface area contributed by atoms with Gasteiger partial charge >= 0.3 is 0 Å². The highest BCUT2D eigenvalue weighted by molar-refractivity contribution is 5.80. The molecular weight excluding hydrogens is 382 g/mol. The Bertz CT molecular complexity index is 1130. The van der Waals surface area contributed by atoms with E-state index in [9.17, 15) is 4.79 Å². The van der Waals surface area contributed by atoms with Crippen LogP contribution in [0.1, 0.15) is 58.8 Å². The molecule has 2 fully saturated rings. The SMILES string of the molecule is CN1C=C2CCC3C(CC[C@]4(C)C(n5cnc6ccccc65)=CCC34)[C@@]2(C)CCC1=O. The average Bonchev–Trinajstić information content (AvgIpc) is 3.31. The van der Waals surface area contributed by atoms with Crippen LogP contribution in [0.4, 0.5) is 0 Å². The van der Waals surface area contributed by atoms with Crippen molar-refractivity contribution in [1.29, 1.82) is 0 Å². The lowest BCUT2D eigenvalue weighted by Gasteiger charge is -2.56. The Balaban J connectivity index is 1.35. The van der Waals surface area contributed by atoms with Crippen molar-refractivity contribution in [3.8, 4) is 0 Å². The Morgan fingerprint density at radius 1 is 1.03 bits per heavy atom. The van der Waals surface area contributed by atoms with E-state index in [4.69, 9.17) is 0 Å². The first-order valence-electron chi connectivity index (χ1n) is 12.0. The fraction of sp³-hybridized carbons (Fsp3) is 0.556. The number of hydrogen-bond acceptors (Lipinski definition) is 2. The Morgan fingerprint density at radius 3 is 2.74 bits per heavy atom. The van der Waals surface area contributed by atoms with Gasteiger partial charge in [-0.15, -0.1) is 0 Å². The molecule has 0 N–H and O–H groups in total. The quantitative estimate of drug-likeness (QED) is 0.584. The predicted octanol–water partition coefficient (Wildman–Crippen LogP) is 5.87. The van der Waals surface area contributed by atoms with Crippen molar-refractivity contribution in [2.75, 3.05) is 7.05 Å². The molecule has 4 heteroatoms. The molecule has 6 rings (SSSR count). The fourth-order valence-corrected chi connectivity index (χ4v) is 7.80. The molecule has 1 aliphatic heterocycles. The number of benzene rings is 1. The molecule has 0 saturated heterocycles. The largest absolute Gasteiger partial charge is 0.322 e. The Kier molecular flexibility index (Phi) is 4.10. The Morgan fingerprint density at radius 2 is 1.87 bits per heavy atom. The van der Waals surface area contributed by atoms with Crippen LogP contribution in [0.3, 0.4) is 0 Å². The number of hydrogen-bond donors (Lipinski definition) is 0. The van der Waals surface area contributed by atoms with Gasteiger partial charge in [-0.2, -0.15) is 0 Å². The lowest BCUT2D eigenvalue weighted by molar-refractivity contribution is -0.127. The molecule has 1 aromatic heterocycles. The molecule has 0 bridgehead atoms. The molecule has 4 aliphatic rings. The van der Waals surface area contributed by atoms with E-state index >= 15 is 0 Å². The summed E-state index contributed by atoms with van der Waals surface area (Å²) in [6.07, 6.45) is 14.5. The number of nitrogens with zero attached hydrogens (tertiary/aromatic N) is 3. The number of carbonyl (C=O) groups is 1. The monoisotopic (exact) mass is 415 g/mol. The van der Waals surface area contributed by atoms with Gasteiger partial charge in [-0.05, 0) is 79.4 Å². The number of rotatable bonds is 1. The van der Waals surface area contributed by atoms with Gasteiger partial charge in [0.1, 0.15) is 6.33 Å². The summed E-state index contributed by atoms with van der Waals surface area (Å²) in [5.41, 5.74) is 5.68. The normalized spacial score (nSPS) is 37.6. The Hall–Kier alpha value is -2.36. The first-order valence-corrected chi connectivity index (χ1v) is 12.0. The summed E-state index contributed by atoms with van der Waals surface area (Å²) in [5.74, 6) is 2.40. The van der Waals surface area contributed by atoms with E-state index in [1.165, 1.54) is 42.5 Å². The smallest absolute Gasteiger partial charge is 0.226 e. The van der Waals surface area contributed by atoms with Crippen molar-refractivity contribution in [3.63, 3.8) is 0 Å². The first kappa shape index (κ1) is 19.3. The van der Waals surface area contributed by atoms with E-state index in [0.29, 0.717) is 18.3 Å². The summed E-state index contributed by atoms with van der Waals surface area (Å²) in [4.78, 5) is 19.0. The number of carbonyl (C=O) groups excluding carboxylic acids is 1. The molecule has 2 heterocycles. The van der Waals surface area contributed by atoms with Gasteiger partial charge in [0.05, 0.1) is 11.0 Å². The summed E-state index contributed by atoms with van der Waals surface area (Å²) < 4.78 is 2.37. The molecule has 3 aliphatic carbocycles. The number of imidazole rings is 1. The van der Waals surface area contributed by atoms with Gasteiger partial charge in [-0.1, -0.05) is 32.1 Å². The Labute approximate surface area is 185 Å². The molecule has 0 radical (unpaired) electrons. The summed E-state index contributed by atoms with van der Waals surface area (Å²) >= 11 is 0. The minimum absolute atomic E-state index is 0.176. The number of fused-ring (bicyclic) bond motifs is 6. The summed E-state index contributed by atoms with van der Waals surface area (Å²) in [7, 11) is 1.94. The van der Waals surface area contributed by atoms with Crippen LogP contribution in [0, 0.1) is 28.6 Å². The third-order valence-corrected chi connectivity index (χ3v) is 9.59. The van der Waals surface area contributed by atoms with E-state index in [1.807, 2.05) is 18.3 Å². The van der Waals surface area contributed by atoms with Gasteiger partial charge in [-0.25, -0.2) is 4.98 Å². The summed E-state index contributed by atoms with van der Waals surface area (Å²) in [6.45, 7) is 4.98. The van der Waals surface area contributed by atoms with Gasteiger partial charge in [0.2, 0.25) is 5.91 Å². The van der Waals surface area contributed by atoms with Gasteiger partial charge in [-0.3, -0.25) is 4.79 Å². The molecule has 0 spiro atoms. The zero-order valence-electron chi connectivity index (χ0n) is 19.0. The molecule has 2 aromatic rings. The molecule has 1 aromatic carbocycles. The van der Waals surface area contributed by atoms with Crippen LogP contribution >= 0.6 is 0 Å². The van der Waals surface area contributed by atoms with E-state index < -0.39 is 0 Å². The van der Waals surface area contributed by atoms with Crippen molar-refractivity contribution in [3.05, 3.63) is 48.4 Å². The van der Waals surface area contributed by atoms with Crippen LogP contribution in [0.5, 0.6) is 0 Å². The standard InChI is InChI=1S/C27H33N3O/c1-26-15-13-25(31)29(3)16-18(26)8-9-19-20-10-11-24(27(20,2)14-12-21(19)26)30-17-28-22-6-4-5-7-23(22)30/h4-7,11,16-17,19-21H,8-10,12-15H2,1-3H3/t19?,20?,21?,26-,27-/m0/s1. The highest BCUT2D eigenvalue weighted by atomic mass is 16.2. The topological polar surface area (TPSA) is 38.1 Å². The van der Waals surface area contributed by atoms with Gasteiger partial charge in [0.15, 0.2) is 0 Å². The number of amides is 1. The zero-order chi connectivity index (χ0) is 21.4. The molecule has 1 amide bonds. The van der Waals surface area contributed by atoms with Crippen LogP contribution in [0.25, 0.3) is 16.7 Å². The van der Waals surface area contributed by atoms with Crippen molar-refractivity contribution in [2.24, 2.45) is 28.6 Å². The van der Waals surface area contributed by atoms with Crippen molar-refractivity contribution >= 4 is 22.6 Å². The van der Waals surface area contributed by atoms with E-state index in [-0.39, 0.29) is 16.7 Å². The highest BCUT2D eigenvalue weighted by Gasteiger charge is 2.57. The molecular formula is C27H33N3O. The zero-order valence-corrected chi connectivity index (χ0v) is 19.0. The third kappa shape index (κ3) is 2.60. The highest BCUT2D eigenvalue weighted by Crippen LogP contribution is 2.65. The molecule has 162 valence electrons.